The van der Waals surface area contributed by atoms with E-state index < -0.39 is 0 Å². The Kier molecular flexibility index (Phi) is 3.36. The van der Waals surface area contributed by atoms with Gasteiger partial charge in [-0.2, -0.15) is 0 Å². The lowest BCUT2D eigenvalue weighted by Gasteiger charge is -2.07. The van der Waals surface area contributed by atoms with Gasteiger partial charge in [-0.1, -0.05) is 6.92 Å². The van der Waals surface area contributed by atoms with Crippen molar-refractivity contribution in [2.45, 2.75) is 20.3 Å². The van der Waals surface area contributed by atoms with Crippen LogP contribution in [0.1, 0.15) is 18.2 Å². The molecule has 0 aliphatic carbocycles. The third-order valence-electron chi connectivity index (χ3n) is 3.16. The molecule has 20 heavy (non-hydrogen) atoms. The van der Waals surface area contributed by atoms with Crippen LogP contribution < -0.4 is 10.5 Å². The van der Waals surface area contributed by atoms with E-state index in [2.05, 4.69) is 31.0 Å². The highest BCUT2D eigenvalue weighted by Gasteiger charge is 2.14. The van der Waals surface area contributed by atoms with Gasteiger partial charge < -0.3 is 10.5 Å². The molecule has 0 radical (unpaired) electrons. The van der Waals surface area contributed by atoms with Gasteiger partial charge in [-0.15, -0.1) is 11.3 Å². The summed E-state index contributed by atoms with van der Waals surface area (Å²) in [6.45, 7) is 4.94. The number of aryl methyl sites for hydroxylation is 1. The van der Waals surface area contributed by atoms with Crippen molar-refractivity contribution < 1.29 is 4.74 Å². The van der Waals surface area contributed by atoms with E-state index in [9.17, 15) is 0 Å². The number of rotatable bonds is 4. The molecule has 0 saturated carbocycles. The molecule has 0 amide bonds. The van der Waals surface area contributed by atoms with Crippen LogP contribution in [0.15, 0.2) is 30.5 Å². The summed E-state index contributed by atoms with van der Waals surface area (Å²) in [7, 11) is 0. The molecule has 3 aromatic rings. The Labute approximate surface area is 121 Å². The maximum absolute atomic E-state index is 6.01. The zero-order valence-corrected chi connectivity index (χ0v) is 12.4. The molecule has 5 heteroatoms. The standard InChI is InChI=1S/C15H17N3OS/c1-3-8-19-12-6-4-11(5-7-12)14-10(2)20-15-17-9-13(16)18(14)15/h4-7,9H,3,8,16H2,1-2H3. The zero-order chi connectivity index (χ0) is 14.1. The number of imidazole rings is 1. The van der Waals surface area contributed by atoms with Gasteiger partial charge in [0.15, 0.2) is 4.96 Å². The van der Waals surface area contributed by atoms with E-state index in [1.165, 1.54) is 4.88 Å². The minimum absolute atomic E-state index is 0.672. The molecule has 3 rings (SSSR count). The largest absolute Gasteiger partial charge is 0.494 e. The summed E-state index contributed by atoms with van der Waals surface area (Å²) < 4.78 is 7.61. The van der Waals surface area contributed by atoms with Crippen LogP contribution in [0.2, 0.25) is 0 Å². The topological polar surface area (TPSA) is 52.5 Å². The molecule has 0 bridgehead atoms. The number of fused-ring (bicyclic) bond motifs is 1. The van der Waals surface area contributed by atoms with Gasteiger partial charge in [0.2, 0.25) is 0 Å². The molecule has 0 spiro atoms. The summed E-state index contributed by atoms with van der Waals surface area (Å²) >= 11 is 1.65. The van der Waals surface area contributed by atoms with Crippen molar-refractivity contribution >= 4 is 22.1 Å². The fraction of sp³-hybridized carbons (Fsp3) is 0.267. The fourth-order valence-corrected chi connectivity index (χ4v) is 3.22. The molecule has 0 unspecified atom stereocenters. The first-order chi connectivity index (χ1) is 9.70. The van der Waals surface area contributed by atoms with Crippen LogP contribution in [-0.2, 0) is 0 Å². The Morgan fingerprint density at radius 3 is 2.75 bits per heavy atom. The van der Waals surface area contributed by atoms with E-state index in [1.807, 2.05) is 16.5 Å². The molecule has 0 atom stereocenters. The molecule has 2 N–H and O–H groups in total. The number of nitrogens with two attached hydrogens (primary N) is 1. The summed E-state index contributed by atoms with van der Waals surface area (Å²) in [5, 5.41) is 0. The zero-order valence-electron chi connectivity index (χ0n) is 11.6. The van der Waals surface area contributed by atoms with Gasteiger partial charge in [0.25, 0.3) is 0 Å². The van der Waals surface area contributed by atoms with Gasteiger partial charge in [-0.3, -0.25) is 4.40 Å². The van der Waals surface area contributed by atoms with Crippen LogP contribution in [0.25, 0.3) is 16.2 Å². The molecule has 2 aromatic heterocycles. The number of ether oxygens (including phenoxy) is 1. The number of thiazole rings is 1. The first kappa shape index (κ1) is 13.0. The van der Waals surface area contributed by atoms with Crippen LogP contribution in [0, 0.1) is 6.92 Å². The molecule has 0 aliphatic heterocycles. The lowest BCUT2D eigenvalue weighted by Crippen LogP contribution is -1.96. The highest BCUT2D eigenvalue weighted by Crippen LogP contribution is 2.33. The molecular weight excluding hydrogens is 270 g/mol. The average molecular weight is 287 g/mol. The quantitative estimate of drug-likeness (QED) is 0.795. The Bertz CT molecular complexity index is 727. The normalized spacial score (nSPS) is 11.1. The molecule has 1 aromatic carbocycles. The minimum Gasteiger partial charge on any atom is -0.494 e. The predicted molar refractivity (Wildman–Crippen MR) is 83.4 cm³/mol. The summed E-state index contributed by atoms with van der Waals surface area (Å²) in [6.07, 6.45) is 2.71. The maximum Gasteiger partial charge on any atom is 0.196 e. The summed E-state index contributed by atoms with van der Waals surface area (Å²) in [5.74, 6) is 1.57. The van der Waals surface area contributed by atoms with Crippen molar-refractivity contribution in [2.75, 3.05) is 12.3 Å². The van der Waals surface area contributed by atoms with Crippen molar-refractivity contribution in [3.8, 4) is 17.0 Å². The van der Waals surface area contributed by atoms with E-state index in [-0.39, 0.29) is 0 Å². The predicted octanol–water partition coefficient (Wildman–Crippen LogP) is 3.74. The third-order valence-corrected chi connectivity index (χ3v) is 4.13. The molecule has 0 fully saturated rings. The van der Waals surface area contributed by atoms with Crippen molar-refractivity contribution in [3.05, 3.63) is 35.3 Å². The van der Waals surface area contributed by atoms with E-state index >= 15 is 0 Å². The van der Waals surface area contributed by atoms with Crippen molar-refractivity contribution in [2.24, 2.45) is 0 Å². The van der Waals surface area contributed by atoms with Crippen molar-refractivity contribution in [3.63, 3.8) is 0 Å². The second kappa shape index (κ2) is 5.17. The number of hydrogen-bond acceptors (Lipinski definition) is 4. The number of anilines is 1. The van der Waals surface area contributed by atoms with Crippen LogP contribution >= 0.6 is 11.3 Å². The number of nitrogens with zero attached hydrogens (tertiary/aromatic N) is 2. The first-order valence-electron chi connectivity index (χ1n) is 6.66. The Balaban J connectivity index is 2.02. The number of hydrogen-bond donors (Lipinski definition) is 1. The molecule has 0 saturated heterocycles. The Morgan fingerprint density at radius 1 is 1.30 bits per heavy atom. The highest BCUT2D eigenvalue weighted by atomic mass is 32.1. The molecule has 0 aliphatic rings. The Hall–Kier alpha value is -2.01. The fourth-order valence-electron chi connectivity index (χ4n) is 2.25. The van der Waals surface area contributed by atoms with Gasteiger partial charge in [0.05, 0.1) is 18.5 Å². The van der Waals surface area contributed by atoms with Gasteiger partial charge in [-0.25, -0.2) is 4.98 Å². The SMILES string of the molecule is CCCOc1ccc(-c2c(C)sc3ncc(N)n23)cc1. The van der Waals surface area contributed by atoms with Crippen LogP contribution in [-0.4, -0.2) is 16.0 Å². The van der Waals surface area contributed by atoms with Crippen LogP contribution in [0.5, 0.6) is 5.75 Å². The smallest absolute Gasteiger partial charge is 0.196 e. The average Bonchev–Trinajstić information content (AvgIpc) is 2.96. The molecule has 2 heterocycles. The molecule has 4 nitrogen and oxygen atoms in total. The second-order valence-corrected chi connectivity index (χ2v) is 5.86. The van der Waals surface area contributed by atoms with Crippen LogP contribution in [0.4, 0.5) is 5.82 Å². The monoisotopic (exact) mass is 287 g/mol. The maximum atomic E-state index is 6.01. The number of nitrogen functional groups attached to an aromatic ring is 1. The third kappa shape index (κ3) is 2.14. The van der Waals surface area contributed by atoms with E-state index in [1.54, 1.807) is 17.5 Å². The number of benzene rings is 1. The van der Waals surface area contributed by atoms with E-state index in [4.69, 9.17) is 10.5 Å². The van der Waals surface area contributed by atoms with Crippen LogP contribution in [0.3, 0.4) is 0 Å². The molecular formula is C15H17N3OS. The van der Waals surface area contributed by atoms with Crippen molar-refractivity contribution in [1.82, 2.24) is 9.38 Å². The lowest BCUT2D eigenvalue weighted by molar-refractivity contribution is 0.317. The van der Waals surface area contributed by atoms with E-state index in [0.717, 1.165) is 35.0 Å². The summed E-state index contributed by atoms with van der Waals surface area (Å²) in [5.41, 5.74) is 8.25. The van der Waals surface area contributed by atoms with Crippen molar-refractivity contribution in [1.29, 1.82) is 0 Å². The highest BCUT2D eigenvalue weighted by molar-refractivity contribution is 7.17. The van der Waals surface area contributed by atoms with Gasteiger partial charge in [0, 0.05) is 10.4 Å². The summed E-state index contributed by atoms with van der Waals surface area (Å²) in [4.78, 5) is 6.46. The first-order valence-corrected chi connectivity index (χ1v) is 7.48. The van der Waals surface area contributed by atoms with Gasteiger partial charge in [-0.05, 0) is 37.6 Å². The minimum atomic E-state index is 0.672. The lowest BCUT2D eigenvalue weighted by atomic mass is 10.1. The number of aromatic nitrogens is 2. The Morgan fingerprint density at radius 2 is 2.05 bits per heavy atom. The second-order valence-electron chi connectivity index (χ2n) is 4.68. The van der Waals surface area contributed by atoms with Gasteiger partial charge in [0.1, 0.15) is 11.6 Å². The molecule has 104 valence electrons. The van der Waals surface area contributed by atoms with Gasteiger partial charge >= 0.3 is 0 Å². The summed E-state index contributed by atoms with van der Waals surface area (Å²) in [6, 6.07) is 8.14. The van der Waals surface area contributed by atoms with E-state index in [0.29, 0.717) is 5.82 Å².